The Morgan fingerprint density at radius 2 is 2.22 bits per heavy atom. The van der Waals surface area contributed by atoms with Crippen LogP contribution in [0.4, 0.5) is 13.2 Å². The maximum absolute atomic E-state index is 11.9. The van der Waals surface area contributed by atoms with E-state index in [9.17, 15) is 22.8 Å². The quantitative estimate of drug-likeness (QED) is 0.740. The van der Waals surface area contributed by atoms with E-state index in [0.717, 1.165) is 11.3 Å². The zero-order chi connectivity index (χ0) is 13.8. The SMILES string of the molecule is CC(NCc1csc(=O)[nH]1)C(=O)NCC(F)(F)F. The summed E-state index contributed by atoms with van der Waals surface area (Å²) < 4.78 is 35.6. The number of H-pyrrole nitrogens is 1. The molecule has 0 radical (unpaired) electrons. The van der Waals surface area contributed by atoms with Gasteiger partial charge in [-0.3, -0.25) is 9.59 Å². The van der Waals surface area contributed by atoms with E-state index in [1.807, 2.05) is 0 Å². The van der Waals surface area contributed by atoms with Gasteiger partial charge >= 0.3 is 11.0 Å². The summed E-state index contributed by atoms with van der Waals surface area (Å²) in [5.41, 5.74) is 0.584. The summed E-state index contributed by atoms with van der Waals surface area (Å²) in [4.78, 5) is 24.4. The summed E-state index contributed by atoms with van der Waals surface area (Å²) >= 11 is 0.978. The number of rotatable bonds is 5. The predicted octanol–water partition coefficient (Wildman–Crippen LogP) is 0.593. The predicted molar refractivity (Wildman–Crippen MR) is 60.3 cm³/mol. The van der Waals surface area contributed by atoms with E-state index in [2.05, 4.69) is 10.3 Å². The zero-order valence-electron chi connectivity index (χ0n) is 9.43. The molecule has 1 heterocycles. The van der Waals surface area contributed by atoms with Crippen molar-refractivity contribution in [1.82, 2.24) is 15.6 Å². The zero-order valence-corrected chi connectivity index (χ0v) is 10.2. The first-order valence-corrected chi connectivity index (χ1v) is 5.90. The Morgan fingerprint density at radius 3 is 2.72 bits per heavy atom. The van der Waals surface area contributed by atoms with Crippen LogP contribution < -0.4 is 15.5 Å². The molecule has 0 saturated heterocycles. The third-order valence-electron chi connectivity index (χ3n) is 2.03. The van der Waals surface area contributed by atoms with Crippen LogP contribution in [0.3, 0.4) is 0 Å². The topological polar surface area (TPSA) is 74.0 Å². The van der Waals surface area contributed by atoms with E-state index in [4.69, 9.17) is 0 Å². The highest BCUT2D eigenvalue weighted by Crippen LogP contribution is 2.12. The minimum Gasteiger partial charge on any atom is -0.346 e. The lowest BCUT2D eigenvalue weighted by molar-refractivity contribution is -0.139. The van der Waals surface area contributed by atoms with E-state index in [-0.39, 0.29) is 11.4 Å². The minimum atomic E-state index is -4.42. The maximum Gasteiger partial charge on any atom is 0.405 e. The van der Waals surface area contributed by atoms with Gasteiger partial charge in [-0.15, -0.1) is 0 Å². The van der Waals surface area contributed by atoms with Gasteiger partial charge in [0.15, 0.2) is 0 Å². The van der Waals surface area contributed by atoms with Crippen LogP contribution in [-0.4, -0.2) is 29.7 Å². The van der Waals surface area contributed by atoms with Crippen LogP contribution in [0.1, 0.15) is 12.6 Å². The van der Waals surface area contributed by atoms with Crippen LogP contribution >= 0.6 is 11.3 Å². The van der Waals surface area contributed by atoms with Crippen LogP contribution in [0.5, 0.6) is 0 Å². The Morgan fingerprint density at radius 1 is 1.56 bits per heavy atom. The number of amides is 1. The Balaban J connectivity index is 2.34. The molecule has 1 aromatic heterocycles. The van der Waals surface area contributed by atoms with E-state index >= 15 is 0 Å². The van der Waals surface area contributed by atoms with Crippen molar-refractivity contribution in [3.05, 3.63) is 20.7 Å². The second-order valence-corrected chi connectivity index (χ2v) is 4.45. The summed E-state index contributed by atoms with van der Waals surface area (Å²) in [5.74, 6) is -0.745. The number of aromatic amines is 1. The fourth-order valence-electron chi connectivity index (χ4n) is 1.10. The molecular weight excluding hydrogens is 271 g/mol. The average molecular weight is 283 g/mol. The van der Waals surface area contributed by atoms with E-state index in [1.54, 1.807) is 10.7 Å². The van der Waals surface area contributed by atoms with Crippen LogP contribution in [0.25, 0.3) is 0 Å². The molecular formula is C9H12F3N3O2S. The van der Waals surface area contributed by atoms with Gasteiger partial charge in [0, 0.05) is 17.6 Å². The van der Waals surface area contributed by atoms with E-state index in [1.165, 1.54) is 6.92 Å². The Bertz CT molecular complexity index is 454. The monoisotopic (exact) mass is 283 g/mol. The highest BCUT2D eigenvalue weighted by Gasteiger charge is 2.28. The Hall–Kier alpha value is -1.35. The molecule has 102 valence electrons. The number of carbonyl (C=O) groups excluding carboxylic acids is 1. The molecule has 0 aliphatic heterocycles. The fraction of sp³-hybridized carbons (Fsp3) is 0.556. The molecule has 18 heavy (non-hydrogen) atoms. The summed E-state index contributed by atoms with van der Waals surface area (Å²) in [7, 11) is 0. The largest absolute Gasteiger partial charge is 0.405 e. The summed E-state index contributed by atoms with van der Waals surface area (Å²) in [6, 6.07) is -0.782. The Labute approximate surface area is 104 Å². The van der Waals surface area contributed by atoms with Gasteiger partial charge in [-0.1, -0.05) is 11.3 Å². The van der Waals surface area contributed by atoms with Crippen molar-refractivity contribution >= 4 is 17.2 Å². The van der Waals surface area contributed by atoms with Gasteiger partial charge in [0.2, 0.25) is 5.91 Å². The average Bonchev–Trinajstić information content (AvgIpc) is 2.67. The van der Waals surface area contributed by atoms with Crippen LogP contribution in [-0.2, 0) is 11.3 Å². The molecule has 0 fully saturated rings. The first-order valence-electron chi connectivity index (χ1n) is 5.02. The molecule has 0 aliphatic rings. The van der Waals surface area contributed by atoms with Crippen molar-refractivity contribution in [2.45, 2.75) is 25.7 Å². The highest BCUT2D eigenvalue weighted by molar-refractivity contribution is 7.07. The normalized spacial score (nSPS) is 13.3. The molecule has 0 aliphatic carbocycles. The molecule has 3 N–H and O–H groups in total. The number of alkyl halides is 3. The minimum absolute atomic E-state index is 0.208. The van der Waals surface area contributed by atoms with Gasteiger partial charge in [-0.25, -0.2) is 0 Å². The molecule has 1 amide bonds. The number of halogens is 3. The number of nitrogens with one attached hydrogen (secondary N) is 3. The first kappa shape index (κ1) is 14.7. The summed E-state index contributed by atoms with van der Waals surface area (Å²) in [6.07, 6.45) is -4.42. The van der Waals surface area contributed by atoms with Crippen molar-refractivity contribution in [2.75, 3.05) is 6.54 Å². The molecule has 1 aromatic rings. The molecule has 0 aromatic carbocycles. The first-order chi connectivity index (χ1) is 8.28. The lowest BCUT2D eigenvalue weighted by Gasteiger charge is -2.14. The van der Waals surface area contributed by atoms with Gasteiger partial charge < -0.3 is 15.6 Å². The van der Waals surface area contributed by atoms with Crippen molar-refractivity contribution in [2.24, 2.45) is 0 Å². The van der Waals surface area contributed by atoms with Gasteiger partial charge in [0.05, 0.1) is 6.04 Å². The van der Waals surface area contributed by atoms with Gasteiger partial charge in [-0.05, 0) is 6.92 Å². The number of carbonyl (C=O) groups is 1. The van der Waals surface area contributed by atoms with E-state index < -0.39 is 24.7 Å². The fourth-order valence-corrected chi connectivity index (χ4v) is 1.68. The number of aromatic nitrogens is 1. The molecule has 1 unspecified atom stereocenters. The molecule has 1 atom stereocenters. The molecule has 9 heteroatoms. The lowest BCUT2D eigenvalue weighted by atomic mass is 10.3. The molecule has 0 spiro atoms. The second-order valence-electron chi connectivity index (χ2n) is 3.61. The van der Waals surface area contributed by atoms with Gasteiger partial charge in [-0.2, -0.15) is 13.2 Å². The lowest BCUT2D eigenvalue weighted by Crippen LogP contribution is -2.45. The smallest absolute Gasteiger partial charge is 0.346 e. The second kappa shape index (κ2) is 6.01. The number of thiazole rings is 1. The third kappa shape index (κ3) is 5.32. The molecule has 5 nitrogen and oxygen atoms in total. The number of hydrogen-bond donors (Lipinski definition) is 3. The van der Waals surface area contributed by atoms with Crippen LogP contribution in [0.15, 0.2) is 10.2 Å². The highest BCUT2D eigenvalue weighted by atomic mass is 32.1. The van der Waals surface area contributed by atoms with Crippen LogP contribution in [0.2, 0.25) is 0 Å². The van der Waals surface area contributed by atoms with Crippen molar-refractivity contribution in [1.29, 1.82) is 0 Å². The Kier molecular flexibility index (Phi) is 4.91. The maximum atomic E-state index is 11.9. The number of hydrogen-bond acceptors (Lipinski definition) is 4. The van der Waals surface area contributed by atoms with Crippen LogP contribution in [0, 0.1) is 0 Å². The summed E-state index contributed by atoms with van der Waals surface area (Å²) in [5, 5.41) is 6.05. The standard InChI is InChI=1S/C9H12F3N3O2S/c1-5(7(16)14-4-9(10,11)12)13-2-6-3-18-8(17)15-6/h3,5,13H,2,4H2,1H3,(H,14,16)(H,15,17). The van der Waals surface area contributed by atoms with Gasteiger partial charge in [0.1, 0.15) is 6.54 Å². The third-order valence-corrected chi connectivity index (χ3v) is 2.74. The van der Waals surface area contributed by atoms with Crippen molar-refractivity contribution in [3.63, 3.8) is 0 Å². The van der Waals surface area contributed by atoms with Crippen molar-refractivity contribution in [3.8, 4) is 0 Å². The van der Waals surface area contributed by atoms with Gasteiger partial charge in [0.25, 0.3) is 0 Å². The summed E-state index contributed by atoms with van der Waals surface area (Å²) in [6.45, 7) is 0.294. The molecule has 0 bridgehead atoms. The van der Waals surface area contributed by atoms with Crippen molar-refractivity contribution < 1.29 is 18.0 Å². The molecule has 0 saturated carbocycles. The van der Waals surface area contributed by atoms with E-state index in [0.29, 0.717) is 5.69 Å². The molecule has 1 rings (SSSR count).